The molecule has 1 aliphatic heterocycles. The van der Waals surface area contributed by atoms with Gasteiger partial charge in [0.25, 0.3) is 0 Å². The first-order valence-corrected chi connectivity index (χ1v) is 9.37. The lowest BCUT2D eigenvalue weighted by molar-refractivity contribution is 0.209. The molecule has 0 aromatic carbocycles. The predicted octanol–water partition coefficient (Wildman–Crippen LogP) is 0.787. The van der Waals surface area contributed by atoms with Crippen LogP contribution in [0.5, 0.6) is 0 Å². The molecule has 10 nitrogen and oxygen atoms in total. The van der Waals surface area contributed by atoms with Crippen LogP contribution < -0.4 is 16.0 Å². The van der Waals surface area contributed by atoms with Gasteiger partial charge in [-0.25, -0.2) is 19.8 Å². The fraction of sp³-hybridized carbons (Fsp3) is 0.500. The largest absolute Gasteiger partial charge is 0.369 e. The van der Waals surface area contributed by atoms with Gasteiger partial charge in [0.15, 0.2) is 0 Å². The Balaban J connectivity index is 1.38. The van der Waals surface area contributed by atoms with Gasteiger partial charge in [-0.2, -0.15) is 0 Å². The monoisotopic (exact) mass is 383 g/mol. The van der Waals surface area contributed by atoms with E-state index in [0.29, 0.717) is 17.9 Å². The molecule has 1 saturated heterocycles. The smallest absolute Gasteiger partial charge is 0.324 e. The molecule has 2 aromatic heterocycles. The Morgan fingerprint density at radius 1 is 1.39 bits per heavy atom. The Labute approximate surface area is 162 Å². The van der Waals surface area contributed by atoms with Crippen molar-refractivity contribution in [2.75, 3.05) is 32.1 Å². The quantitative estimate of drug-likeness (QED) is 0.533. The minimum atomic E-state index is -0.199. The number of guanidine groups is 1. The molecule has 0 spiro atoms. The van der Waals surface area contributed by atoms with E-state index in [2.05, 4.69) is 42.2 Å². The lowest BCUT2D eigenvalue weighted by Crippen LogP contribution is -2.45. The van der Waals surface area contributed by atoms with Gasteiger partial charge >= 0.3 is 6.03 Å². The second kappa shape index (κ2) is 7.45. The molecule has 0 bridgehead atoms. The summed E-state index contributed by atoms with van der Waals surface area (Å²) in [5.41, 5.74) is 6.54. The van der Waals surface area contributed by atoms with Crippen molar-refractivity contribution in [3.05, 3.63) is 18.6 Å². The molecule has 1 aliphatic carbocycles. The average molecular weight is 383 g/mol. The molecule has 3 atom stereocenters. The fourth-order valence-corrected chi connectivity index (χ4v) is 4.40. The number of aromatic amines is 1. The summed E-state index contributed by atoms with van der Waals surface area (Å²) in [6.07, 6.45) is 6.86. The van der Waals surface area contributed by atoms with Crippen LogP contribution in [0.3, 0.4) is 0 Å². The van der Waals surface area contributed by atoms with Gasteiger partial charge in [0.2, 0.25) is 5.96 Å². The maximum atomic E-state index is 12.4. The summed E-state index contributed by atoms with van der Waals surface area (Å²) >= 11 is 0. The molecule has 4 rings (SSSR count). The SMILES string of the molecule is CN=CN=C(N)NC(=O)N1CC2CC(N(C)c3ncnc4[nH]ccc34)C[C@@H]2C1. The van der Waals surface area contributed by atoms with Crippen LogP contribution in [0.15, 0.2) is 28.6 Å². The van der Waals surface area contributed by atoms with Crippen molar-refractivity contribution in [2.24, 2.45) is 27.6 Å². The first kappa shape index (κ1) is 18.2. The zero-order chi connectivity index (χ0) is 19.7. The molecule has 2 aromatic rings. The number of aliphatic imine (C=N–C) groups is 2. The summed E-state index contributed by atoms with van der Waals surface area (Å²) in [6.45, 7) is 1.47. The summed E-state index contributed by atoms with van der Waals surface area (Å²) in [5, 5.41) is 3.65. The number of carbonyl (C=O) groups excluding carboxylic acids is 1. The lowest BCUT2D eigenvalue weighted by Gasteiger charge is -2.28. The number of hydrogen-bond donors (Lipinski definition) is 3. The molecule has 148 valence electrons. The molecule has 10 heteroatoms. The first-order valence-electron chi connectivity index (χ1n) is 9.37. The number of likely N-dealkylation sites (tertiary alicyclic amines) is 1. The van der Waals surface area contributed by atoms with E-state index in [-0.39, 0.29) is 12.0 Å². The Kier molecular flexibility index (Phi) is 4.84. The number of amides is 2. The lowest BCUT2D eigenvalue weighted by atomic mass is 10.0. The molecule has 2 amide bonds. The van der Waals surface area contributed by atoms with Gasteiger partial charge in [0.1, 0.15) is 24.1 Å². The van der Waals surface area contributed by atoms with Crippen molar-refractivity contribution in [3.63, 3.8) is 0 Å². The summed E-state index contributed by atoms with van der Waals surface area (Å²) in [6, 6.07) is 2.22. The third-order valence-corrected chi connectivity index (χ3v) is 5.78. The van der Waals surface area contributed by atoms with E-state index < -0.39 is 0 Å². The molecule has 2 aliphatic rings. The van der Waals surface area contributed by atoms with E-state index in [4.69, 9.17) is 5.73 Å². The summed E-state index contributed by atoms with van der Waals surface area (Å²) < 4.78 is 0. The summed E-state index contributed by atoms with van der Waals surface area (Å²) in [7, 11) is 3.69. The number of fused-ring (bicyclic) bond motifs is 2. The highest BCUT2D eigenvalue weighted by molar-refractivity contribution is 5.98. The van der Waals surface area contributed by atoms with Gasteiger partial charge in [-0.1, -0.05) is 0 Å². The molecular formula is C18H25N9O. The third kappa shape index (κ3) is 3.37. The van der Waals surface area contributed by atoms with Gasteiger partial charge in [-0.05, 0) is 30.7 Å². The van der Waals surface area contributed by atoms with Crippen molar-refractivity contribution in [2.45, 2.75) is 18.9 Å². The van der Waals surface area contributed by atoms with E-state index in [1.807, 2.05) is 17.2 Å². The summed E-state index contributed by atoms with van der Waals surface area (Å²) in [4.78, 5) is 35.9. The number of nitrogens with one attached hydrogen (secondary N) is 2. The van der Waals surface area contributed by atoms with Crippen LogP contribution in [-0.2, 0) is 0 Å². The van der Waals surface area contributed by atoms with Crippen LogP contribution in [0.1, 0.15) is 12.8 Å². The molecule has 28 heavy (non-hydrogen) atoms. The highest BCUT2D eigenvalue weighted by atomic mass is 16.2. The highest BCUT2D eigenvalue weighted by Crippen LogP contribution is 2.41. The van der Waals surface area contributed by atoms with Crippen LogP contribution >= 0.6 is 0 Å². The van der Waals surface area contributed by atoms with Gasteiger partial charge in [0.05, 0.1) is 5.39 Å². The number of nitrogens with two attached hydrogens (primary N) is 1. The molecule has 4 N–H and O–H groups in total. The van der Waals surface area contributed by atoms with Crippen LogP contribution in [0.2, 0.25) is 0 Å². The molecule has 2 fully saturated rings. The average Bonchev–Trinajstić information content (AvgIpc) is 3.39. The highest BCUT2D eigenvalue weighted by Gasteiger charge is 2.44. The zero-order valence-electron chi connectivity index (χ0n) is 16.0. The normalized spacial score (nSPS) is 24.9. The first-order chi connectivity index (χ1) is 13.6. The van der Waals surface area contributed by atoms with E-state index in [1.165, 1.54) is 6.34 Å². The minimum absolute atomic E-state index is 0.0598. The second-order valence-electron chi connectivity index (χ2n) is 7.42. The van der Waals surface area contributed by atoms with Gasteiger partial charge < -0.3 is 20.5 Å². The van der Waals surface area contributed by atoms with Crippen molar-refractivity contribution >= 4 is 35.2 Å². The standard InChI is InChI=1S/C18H25N9O/c1-20-9-24-17(19)25-18(28)27-7-11-5-13(6-12(11)8-27)26(2)16-14-3-4-21-15(14)22-10-23-16/h3-4,9-13H,5-8H2,1-2H3,(H,21,22,23)(H3,19,20,24,25,28)/t11-,12?,13?/m1/s1. The molecule has 3 heterocycles. The van der Waals surface area contributed by atoms with Gasteiger partial charge in [-0.3, -0.25) is 10.3 Å². The van der Waals surface area contributed by atoms with Crippen molar-refractivity contribution in [3.8, 4) is 0 Å². The van der Waals surface area contributed by atoms with Crippen LogP contribution in [0.4, 0.5) is 10.6 Å². The van der Waals surface area contributed by atoms with Crippen LogP contribution in [0, 0.1) is 11.8 Å². The Hall–Kier alpha value is -3.17. The number of hydrogen-bond acceptors (Lipinski definition) is 5. The summed E-state index contributed by atoms with van der Waals surface area (Å²) in [5.74, 6) is 1.98. The molecule has 0 radical (unpaired) electrons. The third-order valence-electron chi connectivity index (χ3n) is 5.78. The zero-order valence-corrected chi connectivity index (χ0v) is 16.0. The topological polar surface area (TPSA) is 128 Å². The molecule has 2 unspecified atom stereocenters. The van der Waals surface area contributed by atoms with Gasteiger partial charge in [0, 0.05) is 39.4 Å². The number of rotatable bonds is 3. The second-order valence-corrected chi connectivity index (χ2v) is 7.42. The predicted molar refractivity (Wildman–Crippen MR) is 108 cm³/mol. The van der Waals surface area contributed by atoms with Crippen molar-refractivity contribution in [1.82, 2.24) is 25.2 Å². The van der Waals surface area contributed by atoms with Crippen molar-refractivity contribution in [1.29, 1.82) is 0 Å². The fourth-order valence-electron chi connectivity index (χ4n) is 4.40. The number of aromatic nitrogens is 3. The number of nitrogens with zero attached hydrogens (tertiary/aromatic N) is 6. The van der Waals surface area contributed by atoms with Crippen LogP contribution in [0.25, 0.3) is 11.0 Å². The van der Waals surface area contributed by atoms with Crippen LogP contribution in [-0.4, -0.2) is 71.4 Å². The van der Waals surface area contributed by atoms with E-state index in [0.717, 1.165) is 42.8 Å². The Bertz CT molecular complexity index is 907. The van der Waals surface area contributed by atoms with Crippen molar-refractivity contribution < 1.29 is 4.79 Å². The van der Waals surface area contributed by atoms with E-state index in [1.54, 1.807) is 13.4 Å². The number of H-pyrrole nitrogens is 1. The Morgan fingerprint density at radius 2 is 2.14 bits per heavy atom. The number of carbonyl (C=O) groups is 1. The van der Waals surface area contributed by atoms with E-state index >= 15 is 0 Å². The molecule has 1 saturated carbocycles. The van der Waals surface area contributed by atoms with Gasteiger partial charge in [-0.15, -0.1) is 0 Å². The molecular weight excluding hydrogens is 358 g/mol. The maximum Gasteiger partial charge on any atom is 0.324 e. The Morgan fingerprint density at radius 3 is 2.86 bits per heavy atom. The number of urea groups is 1. The minimum Gasteiger partial charge on any atom is -0.369 e. The number of anilines is 1. The maximum absolute atomic E-state index is 12.4. The van der Waals surface area contributed by atoms with E-state index in [9.17, 15) is 4.79 Å².